The summed E-state index contributed by atoms with van der Waals surface area (Å²) in [5, 5.41) is 9.46. The highest BCUT2D eigenvalue weighted by Gasteiger charge is 2.04. The Labute approximate surface area is 101 Å². The lowest BCUT2D eigenvalue weighted by Gasteiger charge is -2.11. The second kappa shape index (κ2) is 8.53. The first kappa shape index (κ1) is 13.5. The Morgan fingerprint density at radius 3 is 2.50 bits per heavy atom. The Bertz CT molecular complexity index is 266. The van der Waals surface area contributed by atoms with Crippen LogP contribution < -0.4 is 0 Å². The average molecular weight is 245 g/mol. The summed E-state index contributed by atoms with van der Waals surface area (Å²) < 4.78 is 10.4. The van der Waals surface area contributed by atoms with Gasteiger partial charge < -0.3 is 14.6 Å². The van der Waals surface area contributed by atoms with Crippen LogP contribution in [0.2, 0.25) is 0 Å². The van der Waals surface area contributed by atoms with Crippen LogP contribution in [0.15, 0.2) is 30.3 Å². The van der Waals surface area contributed by atoms with E-state index < -0.39 is 6.10 Å². The predicted molar refractivity (Wildman–Crippen MR) is 63.6 cm³/mol. The molecule has 0 fully saturated rings. The van der Waals surface area contributed by atoms with E-state index in [1.54, 1.807) is 0 Å². The van der Waals surface area contributed by atoms with Gasteiger partial charge in [0.15, 0.2) is 0 Å². The lowest BCUT2D eigenvalue weighted by Crippen LogP contribution is -2.22. The van der Waals surface area contributed by atoms with E-state index in [2.05, 4.69) is 0 Å². The maximum absolute atomic E-state index is 9.46. The van der Waals surface area contributed by atoms with Crippen LogP contribution in [0.25, 0.3) is 0 Å². The molecule has 1 aromatic carbocycles. The van der Waals surface area contributed by atoms with E-state index >= 15 is 0 Å². The first-order valence-corrected chi connectivity index (χ1v) is 5.80. The molecule has 1 N–H and O–H groups in total. The molecule has 0 saturated carbocycles. The van der Waals surface area contributed by atoms with E-state index in [4.69, 9.17) is 21.1 Å². The number of hydrogen-bond donors (Lipinski definition) is 1. The van der Waals surface area contributed by atoms with Crippen LogP contribution in [0.4, 0.5) is 0 Å². The summed E-state index contributed by atoms with van der Waals surface area (Å²) in [6, 6.07) is 9.84. The molecule has 0 saturated heterocycles. The minimum absolute atomic E-state index is 0.265. The molecule has 4 heteroatoms. The van der Waals surface area contributed by atoms with Crippen LogP contribution in [-0.4, -0.2) is 36.9 Å². The minimum Gasteiger partial charge on any atom is -0.388 e. The molecule has 0 aromatic heterocycles. The molecule has 16 heavy (non-hydrogen) atoms. The highest BCUT2D eigenvalue weighted by Crippen LogP contribution is 2.01. The van der Waals surface area contributed by atoms with Gasteiger partial charge in [0, 0.05) is 5.88 Å². The number of rotatable bonds is 8. The van der Waals surface area contributed by atoms with E-state index in [-0.39, 0.29) is 13.2 Å². The van der Waals surface area contributed by atoms with Crippen molar-refractivity contribution in [3.63, 3.8) is 0 Å². The van der Waals surface area contributed by atoms with Gasteiger partial charge in [0.2, 0.25) is 0 Å². The lowest BCUT2D eigenvalue weighted by molar-refractivity contribution is -0.0204. The molecule has 0 heterocycles. The largest absolute Gasteiger partial charge is 0.388 e. The summed E-state index contributed by atoms with van der Waals surface area (Å²) in [7, 11) is 0. The fourth-order valence-corrected chi connectivity index (χ4v) is 1.32. The zero-order chi connectivity index (χ0) is 11.6. The predicted octanol–water partition coefficient (Wildman–Crippen LogP) is 1.82. The van der Waals surface area contributed by atoms with Gasteiger partial charge in [-0.05, 0) is 5.56 Å². The molecule has 0 spiro atoms. The summed E-state index contributed by atoms with van der Waals surface area (Å²) in [5.41, 5.74) is 1.09. The van der Waals surface area contributed by atoms with Crippen LogP contribution in [0.5, 0.6) is 0 Å². The third kappa shape index (κ3) is 6.08. The molecule has 0 aliphatic carbocycles. The Kier molecular flexibility index (Phi) is 7.17. The van der Waals surface area contributed by atoms with E-state index in [9.17, 15) is 5.11 Å². The second-order valence-corrected chi connectivity index (χ2v) is 3.80. The van der Waals surface area contributed by atoms with Gasteiger partial charge in [-0.1, -0.05) is 30.3 Å². The minimum atomic E-state index is -0.591. The number of halogens is 1. The van der Waals surface area contributed by atoms with Crippen LogP contribution in [0.3, 0.4) is 0 Å². The van der Waals surface area contributed by atoms with Gasteiger partial charge in [-0.2, -0.15) is 0 Å². The Morgan fingerprint density at radius 2 is 1.81 bits per heavy atom. The molecule has 0 unspecified atom stereocenters. The lowest BCUT2D eigenvalue weighted by atomic mass is 10.2. The summed E-state index contributed by atoms with van der Waals surface area (Å²) >= 11 is 5.43. The normalized spacial score (nSPS) is 12.6. The zero-order valence-electron chi connectivity index (χ0n) is 9.14. The number of hydrogen-bond acceptors (Lipinski definition) is 3. The second-order valence-electron chi connectivity index (χ2n) is 3.42. The molecular weight excluding hydrogens is 228 g/mol. The molecule has 3 nitrogen and oxygen atoms in total. The van der Waals surface area contributed by atoms with Crippen molar-refractivity contribution in [3.8, 4) is 0 Å². The van der Waals surface area contributed by atoms with E-state index in [1.165, 1.54) is 0 Å². The standard InChI is InChI=1S/C12H17ClO3/c13-6-7-15-9-12(14)10-16-8-11-4-2-1-3-5-11/h1-5,12,14H,6-10H2/t12-/m0/s1. The number of aliphatic hydroxyl groups excluding tert-OH is 1. The van der Waals surface area contributed by atoms with Gasteiger partial charge in [0.25, 0.3) is 0 Å². The van der Waals surface area contributed by atoms with Crippen LogP contribution in [0, 0.1) is 0 Å². The van der Waals surface area contributed by atoms with E-state index in [0.29, 0.717) is 19.1 Å². The van der Waals surface area contributed by atoms with Crippen molar-refractivity contribution < 1.29 is 14.6 Å². The monoisotopic (exact) mass is 244 g/mol. The number of benzene rings is 1. The first-order valence-electron chi connectivity index (χ1n) is 5.26. The maximum atomic E-state index is 9.46. The molecule has 0 amide bonds. The van der Waals surface area contributed by atoms with Gasteiger partial charge >= 0.3 is 0 Å². The smallest absolute Gasteiger partial charge is 0.101 e. The molecule has 1 rings (SSSR count). The van der Waals surface area contributed by atoms with Gasteiger partial charge in [0.1, 0.15) is 6.10 Å². The van der Waals surface area contributed by atoms with Crippen molar-refractivity contribution in [3.05, 3.63) is 35.9 Å². The van der Waals surface area contributed by atoms with Crippen molar-refractivity contribution in [2.75, 3.05) is 25.7 Å². The topological polar surface area (TPSA) is 38.7 Å². The fraction of sp³-hybridized carbons (Fsp3) is 0.500. The van der Waals surface area contributed by atoms with Gasteiger partial charge in [-0.25, -0.2) is 0 Å². The third-order valence-corrected chi connectivity index (χ3v) is 2.11. The van der Waals surface area contributed by atoms with Crippen molar-refractivity contribution >= 4 is 11.6 Å². The van der Waals surface area contributed by atoms with Crippen LogP contribution >= 0.6 is 11.6 Å². The molecule has 0 radical (unpaired) electrons. The SMILES string of the molecule is O[C@@H](COCCCl)COCc1ccccc1. The fourth-order valence-electron chi connectivity index (χ4n) is 1.21. The average Bonchev–Trinajstić information content (AvgIpc) is 2.31. The van der Waals surface area contributed by atoms with Crippen LogP contribution in [-0.2, 0) is 16.1 Å². The molecule has 0 bridgehead atoms. The molecule has 90 valence electrons. The highest BCUT2D eigenvalue weighted by atomic mass is 35.5. The molecular formula is C12H17ClO3. The number of alkyl halides is 1. The zero-order valence-corrected chi connectivity index (χ0v) is 9.90. The van der Waals surface area contributed by atoms with Crippen molar-refractivity contribution in [1.29, 1.82) is 0 Å². The van der Waals surface area contributed by atoms with Crippen molar-refractivity contribution in [1.82, 2.24) is 0 Å². The van der Waals surface area contributed by atoms with Gasteiger partial charge in [-0.3, -0.25) is 0 Å². The number of aliphatic hydroxyl groups is 1. The molecule has 1 aromatic rings. The summed E-state index contributed by atoms with van der Waals surface area (Å²) in [4.78, 5) is 0. The van der Waals surface area contributed by atoms with Crippen molar-refractivity contribution in [2.24, 2.45) is 0 Å². The molecule has 1 atom stereocenters. The Hall–Kier alpha value is -0.610. The van der Waals surface area contributed by atoms with Crippen LogP contribution in [0.1, 0.15) is 5.56 Å². The van der Waals surface area contributed by atoms with Gasteiger partial charge in [-0.15, -0.1) is 11.6 Å². The summed E-state index contributed by atoms with van der Waals surface area (Å²) in [6.07, 6.45) is -0.591. The highest BCUT2D eigenvalue weighted by molar-refractivity contribution is 6.17. The quantitative estimate of drug-likeness (QED) is 0.560. The van der Waals surface area contributed by atoms with E-state index in [1.807, 2.05) is 30.3 Å². The molecule has 0 aliphatic heterocycles. The summed E-state index contributed by atoms with van der Waals surface area (Å²) in [5.74, 6) is 0.442. The Balaban J connectivity index is 2.06. The Morgan fingerprint density at radius 1 is 1.12 bits per heavy atom. The van der Waals surface area contributed by atoms with Crippen molar-refractivity contribution in [2.45, 2.75) is 12.7 Å². The number of ether oxygens (including phenoxy) is 2. The van der Waals surface area contributed by atoms with E-state index in [0.717, 1.165) is 5.56 Å². The van der Waals surface area contributed by atoms with Gasteiger partial charge in [0.05, 0.1) is 26.4 Å². The first-order chi connectivity index (χ1) is 7.83. The maximum Gasteiger partial charge on any atom is 0.101 e. The third-order valence-electron chi connectivity index (χ3n) is 1.95. The molecule has 0 aliphatic rings. The summed E-state index contributed by atoms with van der Waals surface area (Å²) in [6.45, 7) is 1.50.